The van der Waals surface area contributed by atoms with Crippen LogP contribution in [0.15, 0.2) is 72.8 Å². The fraction of sp³-hybridized carbons (Fsp3) is 0.355. The van der Waals surface area contributed by atoms with Gasteiger partial charge in [0.1, 0.15) is 29.4 Å². The van der Waals surface area contributed by atoms with E-state index in [2.05, 4.69) is 88.0 Å². The van der Waals surface area contributed by atoms with Crippen LogP contribution in [-0.2, 0) is 0 Å². The summed E-state index contributed by atoms with van der Waals surface area (Å²) in [6, 6.07) is 22.1. The van der Waals surface area contributed by atoms with E-state index < -0.39 is 0 Å². The average molecular weight is 439 g/mol. The maximum Gasteiger partial charge on any atom is 0.149 e. The first-order valence-electron chi connectivity index (χ1n) is 12.5. The van der Waals surface area contributed by atoms with Crippen molar-refractivity contribution in [3.8, 4) is 16.9 Å². The number of quaternary nitrogens is 1. The van der Waals surface area contributed by atoms with Crippen LogP contribution in [0.5, 0.6) is 5.75 Å². The van der Waals surface area contributed by atoms with Gasteiger partial charge >= 0.3 is 0 Å². The molecule has 0 atom stereocenters. The normalized spacial score (nSPS) is 16.5. The van der Waals surface area contributed by atoms with E-state index in [0.29, 0.717) is 12.0 Å². The van der Waals surface area contributed by atoms with Crippen molar-refractivity contribution in [3.63, 3.8) is 0 Å². The summed E-state index contributed by atoms with van der Waals surface area (Å²) in [5.41, 5.74) is 10.6. The predicted octanol–water partition coefficient (Wildman–Crippen LogP) is 7.76. The van der Waals surface area contributed by atoms with E-state index in [-0.39, 0.29) is 0 Å². The van der Waals surface area contributed by atoms with E-state index in [9.17, 15) is 0 Å². The predicted molar refractivity (Wildman–Crippen MR) is 138 cm³/mol. The second-order valence-electron chi connectivity index (χ2n) is 10.2. The molecule has 0 bridgehead atoms. The molecule has 3 aromatic carbocycles. The van der Waals surface area contributed by atoms with Gasteiger partial charge in [-0.15, -0.1) is 0 Å². The van der Waals surface area contributed by atoms with E-state index in [1.54, 1.807) is 0 Å². The van der Waals surface area contributed by atoms with Crippen LogP contribution in [0.25, 0.3) is 11.1 Å². The summed E-state index contributed by atoms with van der Waals surface area (Å²) in [5, 5.41) is 0. The summed E-state index contributed by atoms with van der Waals surface area (Å²) in [7, 11) is 0. The number of rotatable bonds is 7. The van der Waals surface area contributed by atoms with Crippen molar-refractivity contribution in [1.82, 2.24) is 0 Å². The van der Waals surface area contributed by atoms with Crippen molar-refractivity contribution in [2.75, 3.05) is 6.61 Å². The third-order valence-electron chi connectivity index (χ3n) is 7.89. The molecule has 0 unspecified atom stereocenters. The average Bonchev–Trinajstić information content (AvgIpc) is 3.41. The lowest BCUT2D eigenvalue weighted by molar-refractivity contribution is -0.677. The van der Waals surface area contributed by atoms with Gasteiger partial charge in [-0.3, -0.25) is 0 Å². The van der Waals surface area contributed by atoms with Crippen LogP contribution in [0.4, 0.5) is 17.1 Å². The highest BCUT2D eigenvalue weighted by Gasteiger charge is 2.34. The fourth-order valence-electron chi connectivity index (χ4n) is 6.19. The topological polar surface area (TPSA) is 13.7 Å². The molecule has 1 fully saturated rings. The van der Waals surface area contributed by atoms with E-state index in [0.717, 1.165) is 12.2 Å². The Hall–Kier alpha value is -2.84. The van der Waals surface area contributed by atoms with Gasteiger partial charge in [-0.25, -0.2) is 4.90 Å². The van der Waals surface area contributed by atoms with Crippen LogP contribution < -0.4 is 9.64 Å². The van der Waals surface area contributed by atoms with Gasteiger partial charge in [0.2, 0.25) is 0 Å². The maximum atomic E-state index is 6.38. The lowest BCUT2D eigenvalue weighted by Crippen LogP contribution is -2.95. The Morgan fingerprint density at radius 1 is 0.909 bits per heavy atom. The van der Waals surface area contributed by atoms with Crippen LogP contribution >= 0.6 is 0 Å². The summed E-state index contributed by atoms with van der Waals surface area (Å²) < 4.78 is 6.38. The number of para-hydroxylation sites is 2. The van der Waals surface area contributed by atoms with Crippen molar-refractivity contribution in [1.29, 1.82) is 0 Å². The fourth-order valence-corrected chi connectivity index (χ4v) is 6.19. The molecule has 2 heteroatoms. The first-order chi connectivity index (χ1) is 16.0. The third kappa shape index (κ3) is 4.02. The zero-order chi connectivity index (χ0) is 23.0. The summed E-state index contributed by atoms with van der Waals surface area (Å²) >= 11 is 0. The number of ether oxygens (including phenoxy) is 1. The zero-order valence-electron chi connectivity index (χ0n) is 20.3. The molecule has 1 saturated carbocycles. The molecule has 1 N–H and O–H groups in total. The minimum absolute atomic E-state index is 0.467. The maximum absolute atomic E-state index is 6.38. The first-order valence-corrected chi connectivity index (χ1v) is 12.5. The Labute approximate surface area is 198 Å². The number of benzene rings is 3. The Morgan fingerprint density at radius 2 is 1.45 bits per heavy atom. The zero-order valence-corrected chi connectivity index (χ0v) is 20.3. The highest BCUT2D eigenvalue weighted by Crippen LogP contribution is 2.45. The molecule has 0 aromatic heterocycles. The van der Waals surface area contributed by atoms with Gasteiger partial charge in [0.25, 0.3) is 0 Å². The second kappa shape index (κ2) is 8.83. The summed E-state index contributed by atoms with van der Waals surface area (Å²) in [6.07, 6.45) is 7.78. The number of hydrogen-bond donors (Lipinski definition) is 1. The molecule has 0 spiro atoms. The number of nitrogens with one attached hydrogen (secondary N) is 1. The molecule has 170 valence electrons. The Bertz CT molecular complexity index is 1120. The molecular weight excluding hydrogens is 402 g/mol. The summed E-state index contributed by atoms with van der Waals surface area (Å²) in [5.74, 6) is 1.01. The molecule has 1 aliphatic carbocycles. The number of hydrogen-bond acceptors (Lipinski definition) is 1. The lowest BCUT2D eigenvalue weighted by atomic mass is 9.78. The van der Waals surface area contributed by atoms with Crippen LogP contribution in [0.3, 0.4) is 0 Å². The lowest BCUT2D eigenvalue weighted by Gasteiger charge is -2.28. The number of fused-ring (bicyclic) bond motifs is 3. The minimum atomic E-state index is 0.467. The van der Waals surface area contributed by atoms with E-state index in [4.69, 9.17) is 4.74 Å². The van der Waals surface area contributed by atoms with Gasteiger partial charge in [0.15, 0.2) is 0 Å². The highest BCUT2D eigenvalue weighted by atomic mass is 16.5. The summed E-state index contributed by atoms with van der Waals surface area (Å²) in [6.45, 7) is 11.7. The molecule has 3 aromatic rings. The van der Waals surface area contributed by atoms with Gasteiger partial charge in [0, 0.05) is 35.4 Å². The van der Waals surface area contributed by atoms with Gasteiger partial charge in [-0.2, -0.15) is 0 Å². The molecule has 2 nitrogen and oxygen atoms in total. The van der Waals surface area contributed by atoms with Crippen molar-refractivity contribution < 1.29 is 9.64 Å². The quantitative estimate of drug-likeness (QED) is 0.291. The molecule has 0 amide bonds. The van der Waals surface area contributed by atoms with Crippen molar-refractivity contribution in [2.24, 2.45) is 5.41 Å². The van der Waals surface area contributed by atoms with Crippen molar-refractivity contribution in [3.05, 3.63) is 83.9 Å². The summed E-state index contributed by atoms with van der Waals surface area (Å²) in [4.78, 5) is 1.33. The van der Waals surface area contributed by atoms with E-state index >= 15 is 0 Å². The molecule has 0 radical (unpaired) electrons. The first kappa shape index (κ1) is 22.0. The van der Waals surface area contributed by atoms with Gasteiger partial charge in [-0.05, 0) is 67.4 Å². The molecule has 0 saturated heterocycles. The molecule has 1 heterocycles. The molecule has 1 aliphatic heterocycles. The molecule has 33 heavy (non-hydrogen) atoms. The van der Waals surface area contributed by atoms with Crippen LogP contribution in [0.2, 0.25) is 0 Å². The van der Waals surface area contributed by atoms with Crippen LogP contribution in [0.1, 0.15) is 56.6 Å². The van der Waals surface area contributed by atoms with Crippen LogP contribution in [-0.4, -0.2) is 6.61 Å². The number of aryl methyl sites for hydroxylation is 2. The van der Waals surface area contributed by atoms with Crippen molar-refractivity contribution in [2.45, 2.75) is 59.3 Å². The van der Waals surface area contributed by atoms with Crippen LogP contribution in [0, 0.1) is 19.3 Å². The highest BCUT2D eigenvalue weighted by molar-refractivity contribution is 5.86. The SMILES string of the molecule is C=C(COc1c(C)cc([NH+]2c3ccccc3-c3ccccc32)cc1C)CC1(CC)CCCC1. The van der Waals surface area contributed by atoms with E-state index in [1.807, 2.05) is 0 Å². The Kier molecular flexibility index (Phi) is 5.88. The Morgan fingerprint density at radius 3 is 2.00 bits per heavy atom. The van der Waals surface area contributed by atoms with Crippen molar-refractivity contribution >= 4 is 17.1 Å². The second-order valence-corrected chi connectivity index (χ2v) is 10.2. The van der Waals surface area contributed by atoms with Gasteiger partial charge < -0.3 is 4.74 Å². The largest absolute Gasteiger partial charge is 0.489 e. The smallest absolute Gasteiger partial charge is 0.149 e. The minimum Gasteiger partial charge on any atom is -0.489 e. The molecular formula is C31H36NO+. The molecule has 5 rings (SSSR count). The molecule has 2 aliphatic rings. The monoisotopic (exact) mass is 438 g/mol. The standard InChI is InChI=1S/C31H35NO/c1-5-31(16-10-11-17-31)20-22(2)21-33-30-23(3)18-25(19-24(30)4)32-28-14-8-6-12-26(28)27-13-7-9-15-29(27)32/h6-9,12-15,18-19H,2,5,10-11,16-17,20-21H2,1,3-4H3/p+1. The van der Waals surface area contributed by atoms with Gasteiger partial charge in [0.05, 0.1) is 0 Å². The Balaban J connectivity index is 1.38. The third-order valence-corrected chi connectivity index (χ3v) is 7.89. The van der Waals surface area contributed by atoms with Gasteiger partial charge in [-0.1, -0.05) is 57.0 Å². The van der Waals surface area contributed by atoms with E-state index in [1.165, 1.54) is 81.9 Å².